The third-order valence-electron chi connectivity index (χ3n) is 4.91. The number of hydrogen-bond donors (Lipinski definition) is 0. The smallest absolute Gasteiger partial charge is 0.0530 e. The lowest BCUT2D eigenvalue weighted by molar-refractivity contribution is 0.140. The van der Waals surface area contributed by atoms with E-state index in [1.165, 1.54) is 25.0 Å². The van der Waals surface area contributed by atoms with E-state index in [9.17, 15) is 0 Å². The topological polar surface area (TPSA) is 12.4 Å². The molecular weight excluding hydrogens is 182 g/mol. The second-order valence-corrected chi connectivity index (χ2v) is 6.56. The van der Waals surface area contributed by atoms with Gasteiger partial charge in [0.15, 0.2) is 0 Å². The first-order valence-corrected chi connectivity index (χ1v) is 6.45. The van der Waals surface area contributed by atoms with E-state index >= 15 is 0 Å². The Morgan fingerprint density at radius 3 is 2.40 bits per heavy atom. The van der Waals surface area contributed by atoms with Gasteiger partial charge in [0.2, 0.25) is 0 Å². The van der Waals surface area contributed by atoms with Crippen molar-refractivity contribution in [2.45, 2.75) is 59.9 Å². The van der Waals surface area contributed by atoms with Crippen molar-refractivity contribution in [3.05, 3.63) is 0 Å². The fraction of sp³-hybridized carbons (Fsp3) is 0.929. The van der Waals surface area contributed by atoms with Crippen molar-refractivity contribution in [3.63, 3.8) is 0 Å². The Labute approximate surface area is 94.4 Å². The van der Waals surface area contributed by atoms with Crippen molar-refractivity contribution in [1.29, 1.82) is 0 Å². The first kappa shape index (κ1) is 11.2. The molecule has 4 unspecified atom stereocenters. The van der Waals surface area contributed by atoms with Crippen molar-refractivity contribution >= 4 is 5.71 Å². The van der Waals surface area contributed by atoms with Gasteiger partial charge in [0, 0.05) is 11.1 Å². The Balaban J connectivity index is 2.19. The van der Waals surface area contributed by atoms with E-state index in [1.807, 2.05) is 0 Å². The van der Waals surface area contributed by atoms with Crippen LogP contribution in [0.5, 0.6) is 0 Å². The highest BCUT2D eigenvalue weighted by Crippen LogP contribution is 2.44. The second-order valence-electron chi connectivity index (χ2n) is 6.56. The molecule has 1 heterocycles. The lowest BCUT2D eigenvalue weighted by Gasteiger charge is -2.44. The van der Waals surface area contributed by atoms with E-state index in [2.05, 4.69) is 34.6 Å². The maximum absolute atomic E-state index is 4.96. The Morgan fingerprint density at radius 2 is 1.73 bits per heavy atom. The molecule has 0 bridgehead atoms. The van der Waals surface area contributed by atoms with Crippen molar-refractivity contribution < 1.29 is 0 Å². The van der Waals surface area contributed by atoms with Gasteiger partial charge in [-0.3, -0.25) is 4.99 Å². The molecule has 1 aliphatic carbocycles. The summed E-state index contributed by atoms with van der Waals surface area (Å²) in [5, 5.41) is 0. The van der Waals surface area contributed by atoms with Crippen LogP contribution in [0.4, 0.5) is 0 Å². The summed E-state index contributed by atoms with van der Waals surface area (Å²) in [6.45, 7) is 11.7. The van der Waals surface area contributed by atoms with Gasteiger partial charge in [-0.05, 0) is 43.9 Å². The van der Waals surface area contributed by atoms with Crippen LogP contribution in [0.1, 0.15) is 53.9 Å². The van der Waals surface area contributed by atoms with Crippen LogP contribution in [0, 0.1) is 23.2 Å². The molecule has 1 aliphatic heterocycles. The van der Waals surface area contributed by atoms with Gasteiger partial charge in [-0.15, -0.1) is 0 Å². The predicted octanol–water partition coefficient (Wildman–Crippen LogP) is 3.93. The molecule has 1 nitrogen and oxygen atoms in total. The van der Waals surface area contributed by atoms with E-state index in [0.717, 1.165) is 17.8 Å². The van der Waals surface area contributed by atoms with E-state index in [1.54, 1.807) is 0 Å². The summed E-state index contributed by atoms with van der Waals surface area (Å²) in [6, 6.07) is 0.643. The Morgan fingerprint density at radius 1 is 1.13 bits per heavy atom. The highest BCUT2D eigenvalue weighted by atomic mass is 14.9. The van der Waals surface area contributed by atoms with Crippen molar-refractivity contribution in [2.75, 3.05) is 0 Å². The maximum Gasteiger partial charge on any atom is 0.0530 e. The molecule has 0 saturated heterocycles. The van der Waals surface area contributed by atoms with Gasteiger partial charge in [-0.25, -0.2) is 0 Å². The molecule has 2 rings (SSSR count). The Bertz CT molecular complexity index is 277. The largest absolute Gasteiger partial charge is 0.290 e. The molecule has 0 spiro atoms. The van der Waals surface area contributed by atoms with E-state index in [0.29, 0.717) is 11.5 Å². The van der Waals surface area contributed by atoms with Crippen molar-refractivity contribution in [3.8, 4) is 0 Å². The fourth-order valence-electron chi connectivity index (χ4n) is 3.28. The molecule has 86 valence electrons. The zero-order chi connectivity index (χ0) is 11.2. The minimum atomic E-state index is 0.349. The fourth-order valence-corrected chi connectivity index (χ4v) is 3.28. The summed E-state index contributed by atoms with van der Waals surface area (Å²) in [5.41, 5.74) is 1.73. The molecular formula is C14H25N. The molecule has 1 fully saturated rings. The van der Waals surface area contributed by atoms with Crippen molar-refractivity contribution in [1.82, 2.24) is 0 Å². The lowest BCUT2D eigenvalue weighted by Crippen LogP contribution is -2.41. The predicted molar refractivity (Wildman–Crippen MR) is 66.3 cm³/mol. The SMILES string of the molecule is CC1=NC2CC(C)C(C)CC2CC1(C)C. The zero-order valence-electron chi connectivity index (χ0n) is 10.9. The molecule has 4 atom stereocenters. The van der Waals surface area contributed by atoms with Crippen LogP contribution in [0.3, 0.4) is 0 Å². The highest BCUT2D eigenvalue weighted by molar-refractivity contribution is 5.88. The van der Waals surface area contributed by atoms with Crippen LogP contribution < -0.4 is 0 Å². The van der Waals surface area contributed by atoms with Crippen LogP contribution in [0.2, 0.25) is 0 Å². The normalized spacial score (nSPS) is 44.5. The standard InChI is InChI=1S/C14H25N/c1-9-6-12-8-14(4,5)11(3)15-13(12)7-10(9)2/h9-10,12-13H,6-8H2,1-5H3. The number of hydrogen-bond acceptors (Lipinski definition) is 1. The molecule has 2 aliphatic rings. The van der Waals surface area contributed by atoms with E-state index in [4.69, 9.17) is 4.99 Å². The average molecular weight is 207 g/mol. The minimum absolute atomic E-state index is 0.349. The quantitative estimate of drug-likeness (QED) is 0.571. The number of rotatable bonds is 0. The number of aliphatic imine (C=N–C) groups is 1. The van der Waals surface area contributed by atoms with Crippen LogP contribution in [-0.2, 0) is 0 Å². The van der Waals surface area contributed by atoms with Crippen molar-refractivity contribution in [2.24, 2.45) is 28.2 Å². The van der Waals surface area contributed by atoms with Crippen LogP contribution in [0.15, 0.2) is 4.99 Å². The molecule has 0 amide bonds. The average Bonchev–Trinajstić information content (AvgIpc) is 2.11. The molecule has 0 aromatic heterocycles. The molecule has 1 saturated carbocycles. The summed E-state index contributed by atoms with van der Waals surface area (Å²) >= 11 is 0. The molecule has 0 N–H and O–H groups in total. The minimum Gasteiger partial charge on any atom is -0.290 e. The molecule has 0 radical (unpaired) electrons. The summed E-state index contributed by atoms with van der Waals surface area (Å²) in [5.74, 6) is 2.62. The molecule has 0 aromatic carbocycles. The van der Waals surface area contributed by atoms with Gasteiger partial charge in [0.25, 0.3) is 0 Å². The summed E-state index contributed by atoms with van der Waals surface area (Å²) in [6.07, 6.45) is 4.06. The molecule has 1 heteroatoms. The molecule has 15 heavy (non-hydrogen) atoms. The number of nitrogens with zero attached hydrogens (tertiary/aromatic N) is 1. The molecule has 0 aromatic rings. The van der Waals surface area contributed by atoms with Gasteiger partial charge in [-0.1, -0.05) is 27.7 Å². The Kier molecular flexibility index (Phi) is 2.68. The monoisotopic (exact) mass is 207 g/mol. The Hall–Kier alpha value is -0.330. The van der Waals surface area contributed by atoms with Crippen LogP contribution >= 0.6 is 0 Å². The number of fused-ring (bicyclic) bond motifs is 1. The zero-order valence-corrected chi connectivity index (χ0v) is 10.9. The van der Waals surface area contributed by atoms with Crippen LogP contribution in [-0.4, -0.2) is 11.8 Å². The van der Waals surface area contributed by atoms with E-state index < -0.39 is 0 Å². The first-order chi connectivity index (χ1) is 6.90. The second kappa shape index (κ2) is 3.61. The third-order valence-corrected chi connectivity index (χ3v) is 4.91. The summed E-state index contributed by atoms with van der Waals surface area (Å²) < 4.78 is 0. The lowest BCUT2D eigenvalue weighted by atomic mass is 9.65. The van der Waals surface area contributed by atoms with Gasteiger partial charge in [-0.2, -0.15) is 0 Å². The summed E-state index contributed by atoms with van der Waals surface area (Å²) in [7, 11) is 0. The summed E-state index contributed by atoms with van der Waals surface area (Å²) in [4.78, 5) is 4.96. The van der Waals surface area contributed by atoms with E-state index in [-0.39, 0.29) is 0 Å². The first-order valence-electron chi connectivity index (χ1n) is 6.45. The van der Waals surface area contributed by atoms with Crippen LogP contribution in [0.25, 0.3) is 0 Å². The highest BCUT2D eigenvalue weighted by Gasteiger charge is 2.40. The van der Waals surface area contributed by atoms with Gasteiger partial charge < -0.3 is 0 Å². The maximum atomic E-state index is 4.96. The van der Waals surface area contributed by atoms with Gasteiger partial charge >= 0.3 is 0 Å². The third kappa shape index (κ3) is 1.98. The van der Waals surface area contributed by atoms with Gasteiger partial charge in [0.05, 0.1) is 6.04 Å². The van der Waals surface area contributed by atoms with Gasteiger partial charge in [0.1, 0.15) is 0 Å².